The number of hydrogen-bond donors (Lipinski definition) is 1. The number of nitrogens with one attached hydrogen (secondary N) is 1. The maximum Gasteiger partial charge on any atom is 0.261 e. The van der Waals surface area contributed by atoms with Crippen LogP contribution < -0.4 is 10.3 Å². The summed E-state index contributed by atoms with van der Waals surface area (Å²) in [6.07, 6.45) is 4.67. The highest BCUT2D eigenvalue weighted by molar-refractivity contribution is 5.94. The maximum atomic E-state index is 13.0. The molecule has 27 heavy (non-hydrogen) atoms. The first-order chi connectivity index (χ1) is 13.1. The van der Waals surface area contributed by atoms with Crippen molar-refractivity contribution in [1.29, 1.82) is 0 Å². The zero-order valence-electron chi connectivity index (χ0n) is 15.2. The number of aryl methyl sites for hydroxylation is 2. The van der Waals surface area contributed by atoms with Crippen LogP contribution in [0.5, 0.6) is 5.75 Å². The van der Waals surface area contributed by atoms with Crippen molar-refractivity contribution in [2.75, 3.05) is 19.7 Å². The molecule has 1 N–H and O–H groups in total. The first-order valence-corrected chi connectivity index (χ1v) is 9.53. The average Bonchev–Trinajstić information content (AvgIpc) is 3.14. The van der Waals surface area contributed by atoms with Crippen LogP contribution in [0.1, 0.15) is 40.9 Å². The van der Waals surface area contributed by atoms with Gasteiger partial charge in [-0.3, -0.25) is 9.59 Å². The van der Waals surface area contributed by atoms with E-state index in [2.05, 4.69) is 4.98 Å². The predicted octanol–water partition coefficient (Wildman–Crippen LogP) is 2.93. The van der Waals surface area contributed by atoms with Gasteiger partial charge in [-0.25, -0.2) is 4.39 Å². The Labute approximate surface area is 157 Å². The van der Waals surface area contributed by atoms with Gasteiger partial charge in [0.15, 0.2) is 0 Å². The highest BCUT2D eigenvalue weighted by Gasteiger charge is 2.27. The lowest BCUT2D eigenvalue weighted by Gasteiger charge is -2.32. The van der Waals surface area contributed by atoms with E-state index in [0.717, 1.165) is 43.4 Å². The Bertz CT molecular complexity index is 891. The number of likely N-dealkylation sites (tertiary alicyclic amines) is 1. The Balaban J connectivity index is 1.41. The molecule has 1 aromatic carbocycles. The normalized spacial score (nSPS) is 19.0. The molecule has 2 heterocycles. The van der Waals surface area contributed by atoms with Crippen molar-refractivity contribution in [3.8, 4) is 5.75 Å². The van der Waals surface area contributed by atoms with Gasteiger partial charge in [-0.2, -0.15) is 0 Å². The maximum absolute atomic E-state index is 13.0. The number of halogens is 1. The molecule has 1 fully saturated rings. The standard InChI is InChI=1S/C21H23FN2O3/c22-16-6-8-17(9-7-16)27-13-14-3-2-10-24(12-14)21(26)18-11-15-4-1-5-19(15)23-20(18)25/h6-9,11,14H,1-5,10,12-13H2,(H,23,25)/t14-/m1/s1. The van der Waals surface area contributed by atoms with E-state index in [4.69, 9.17) is 4.74 Å². The van der Waals surface area contributed by atoms with Crippen LogP contribution in [0.25, 0.3) is 0 Å². The molecule has 0 radical (unpaired) electrons. The second-order valence-corrected chi connectivity index (χ2v) is 7.39. The van der Waals surface area contributed by atoms with Crippen molar-refractivity contribution in [2.24, 2.45) is 5.92 Å². The Kier molecular flexibility index (Phi) is 4.97. The SMILES string of the molecule is O=C(c1cc2c([nH]c1=O)CCC2)N1CCC[C@@H](COc2ccc(F)cc2)C1. The summed E-state index contributed by atoms with van der Waals surface area (Å²) in [5.41, 5.74) is 2.02. The zero-order valence-corrected chi connectivity index (χ0v) is 15.2. The quantitative estimate of drug-likeness (QED) is 0.900. The van der Waals surface area contributed by atoms with Crippen LogP contribution in [0.3, 0.4) is 0 Å². The third kappa shape index (κ3) is 3.89. The lowest BCUT2D eigenvalue weighted by molar-refractivity contribution is 0.0631. The average molecular weight is 370 g/mol. The third-order valence-electron chi connectivity index (χ3n) is 5.42. The molecule has 1 aliphatic carbocycles. The molecule has 142 valence electrons. The number of H-pyrrole nitrogens is 1. The van der Waals surface area contributed by atoms with E-state index >= 15 is 0 Å². The summed E-state index contributed by atoms with van der Waals surface area (Å²) >= 11 is 0. The molecule has 2 aromatic rings. The summed E-state index contributed by atoms with van der Waals surface area (Å²) in [6, 6.07) is 7.72. The van der Waals surface area contributed by atoms with Crippen molar-refractivity contribution in [2.45, 2.75) is 32.1 Å². The van der Waals surface area contributed by atoms with Crippen molar-refractivity contribution in [1.82, 2.24) is 9.88 Å². The summed E-state index contributed by atoms with van der Waals surface area (Å²) in [6.45, 7) is 1.69. The topological polar surface area (TPSA) is 62.4 Å². The smallest absolute Gasteiger partial charge is 0.261 e. The van der Waals surface area contributed by atoms with E-state index in [-0.39, 0.29) is 28.8 Å². The first-order valence-electron chi connectivity index (χ1n) is 9.53. The third-order valence-corrected chi connectivity index (χ3v) is 5.42. The molecule has 4 rings (SSSR count). The van der Waals surface area contributed by atoms with E-state index in [1.807, 2.05) is 0 Å². The van der Waals surface area contributed by atoms with E-state index < -0.39 is 0 Å². The molecule has 1 atom stereocenters. The van der Waals surface area contributed by atoms with Gasteiger partial charge >= 0.3 is 0 Å². The molecule has 1 aliphatic heterocycles. The fourth-order valence-corrected chi connectivity index (χ4v) is 3.97. The van der Waals surface area contributed by atoms with E-state index in [0.29, 0.717) is 25.4 Å². The van der Waals surface area contributed by atoms with Crippen molar-refractivity contribution in [3.05, 3.63) is 63.3 Å². The van der Waals surface area contributed by atoms with Gasteiger partial charge in [0, 0.05) is 24.7 Å². The van der Waals surface area contributed by atoms with Crippen LogP contribution in [0, 0.1) is 11.7 Å². The minimum atomic E-state index is -0.295. The van der Waals surface area contributed by atoms with Crippen LogP contribution in [0.15, 0.2) is 35.1 Å². The molecular formula is C21H23FN2O3. The second kappa shape index (κ2) is 7.55. The highest BCUT2D eigenvalue weighted by atomic mass is 19.1. The fourth-order valence-electron chi connectivity index (χ4n) is 3.97. The Morgan fingerprint density at radius 1 is 1.22 bits per heavy atom. The minimum absolute atomic E-state index is 0.196. The predicted molar refractivity (Wildman–Crippen MR) is 99.6 cm³/mol. The Morgan fingerprint density at radius 3 is 2.85 bits per heavy atom. The number of benzene rings is 1. The first kappa shape index (κ1) is 17.8. The number of carbonyl (C=O) groups is 1. The Morgan fingerprint density at radius 2 is 2.04 bits per heavy atom. The number of hydrogen-bond acceptors (Lipinski definition) is 3. The lowest BCUT2D eigenvalue weighted by Crippen LogP contribution is -2.43. The van der Waals surface area contributed by atoms with Crippen molar-refractivity contribution >= 4 is 5.91 Å². The molecule has 5 nitrogen and oxygen atoms in total. The summed E-state index contributed by atoms with van der Waals surface area (Å²) in [7, 11) is 0. The Hall–Kier alpha value is -2.63. The van der Waals surface area contributed by atoms with E-state index in [1.165, 1.54) is 12.1 Å². The lowest BCUT2D eigenvalue weighted by atomic mass is 9.98. The van der Waals surface area contributed by atoms with Gasteiger partial charge in [-0.1, -0.05) is 0 Å². The van der Waals surface area contributed by atoms with Gasteiger partial charge in [0.25, 0.3) is 11.5 Å². The number of pyridine rings is 1. The minimum Gasteiger partial charge on any atom is -0.493 e. The number of aromatic nitrogens is 1. The van der Waals surface area contributed by atoms with Gasteiger partial charge < -0.3 is 14.6 Å². The molecule has 0 unspecified atom stereocenters. The fraction of sp³-hybridized carbons (Fsp3) is 0.429. The highest BCUT2D eigenvalue weighted by Crippen LogP contribution is 2.22. The van der Waals surface area contributed by atoms with Gasteiger partial charge in [0.2, 0.25) is 0 Å². The summed E-state index contributed by atoms with van der Waals surface area (Å²) in [5.74, 6) is 0.324. The van der Waals surface area contributed by atoms with Crippen LogP contribution in [-0.4, -0.2) is 35.5 Å². The number of nitrogens with zero attached hydrogens (tertiary/aromatic N) is 1. The van der Waals surface area contributed by atoms with E-state index in [1.54, 1.807) is 23.1 Å². The van der Waals surface area contributed by atoms with Crippen LogP contribution in [-0.2, 0) is 12.8 Å². The number of amides is 1. The number of fused-ring (bicyclic) bond motifs is 1. The molecule has 6 heteroatoms. The summed E-state index contributed by atoms with van der Waals surface area (Å²) in [5, 5.41) is 0. The number of carbonyl (C=O) groups excluding carboxylic acids is 1. The summed E-state index contributed by atoms with van der Waals surface area (Å²) < 4.78 is 18.7. The van der Waals surface area contributed by atoms with Crippen molar-refractivity contribution in [3.63, 3.8) is 0 Å². The molecule has 0 bridgehead atoms. The second-order valence-electron chi connectivity index (χ2n) is 7.39. The molecular weight excluding hydrogens is 347 g/mol. The molecule has 1 aromatic heterocycles. The van der Waals surface area contributed by atoms with Crippen LogP contribution in [0.4, 0.5) is 4.39 Å². The molecule has 0 spiro atoms. The molecule has 0 saturated carbocycles. The van der Waals surface area contributed by atoms with Gasteiger partial charge in [-0.05, 0) is 68.0 Å². The van der Waals surface area contributed by atoms with Crippen LogP contribution >= 0.6 is 0 Å². The van der Waals surface area contributed by atoms with E-state index in [9.17, 15) is 14.0 Å². The number of rotatable bonds is 4. The van der Waals surface area contributed by atoms with Gasteiger partial charge in [-0.15, -0.1) is 0 Å². The summed E-state index contributed by atoms with van der Waals surface area (Å²) in [4.78, 5) is 29.9. The van der Waals surface area contributed by atoms with Crippen molar-refractivity contribution < 1.29 is 13.9 Å². The zero-order chi connectivity index (χ0) is 18.8. The molecule has 1 amide bonds. The van der Waals surface area contributed by atoms with Gasteiger partial charge in [0.05, 0.1) is 6.61 Å². The monoisotopic (exact) mass is 370 g/mol. The number of aromatic amines is 1. The largest absolute Gasteiger partial charge is 0.493 e. The molecule has 2 aliphatic rings. The van der Waals surface area contributed by atoms with Gasteiger partial charge in [0.1, 0.15) is 17.1 Å². The molecule has 1 saturated heterocycles. The van der Waals surface area contributed by atoms with Crippen LogP contribution in [0.2, 0.25) is 0 Å². The number of ether oxygens (including phenoxy) is 1. The number of piperidine rings is 1.